The molecule has 0 amide bonds. The second-order valence-corrected chi connectivity index (χ2v) is 3.19. The first-order valence-corrected chi connectivity index (χ1v) is 5.06. The van der Waals surface area contributed by atoms with E-state index in [1.54, 1.807) is 13.2 Å². The molecule has 16 heavy (non-hydrogen) atoms. The normalized spacial score (nSPS) is 10.1. The molecule has 0 aliphatic heterocycles. The van der Waals surface area contributed by atoms with E-state index < -0.39 is 4.92 Å². The SMILES string of the molecule is CCc1nc([N+](=O)[O-])ccc1NCCOC. The number of ether oxygens (including phenoxy) is 1. The Morgan fingerprint density at radius 3 is 2.88 bits per heavy atom. The number of rotatable bonds is 6. The molecule has 0 bridgehead atoms. The standard InChI is InChI=1S/C10H15N3O3/c1-3-8-9(11-6-7-16-2)4-5-10(12-8)13(14)15/h4-5,11H,3,6-7H2,1-2H3. The van der Waals surface area contributed by atoms with Crippen LogP contribution in [0.15, 0.2) is 12.1 Å². The fraction of sp³-hybridized carbons (Fsp3) is 0.500. The summed E-state index contributed by atoms with van der Waals surface area (Å²) in [4.78, 5) is 14.0. The highest BCUT2D eigenvalue weighted by atomic mass is 16.6. The number of methoxy groups -OCH3 is 1. The van der Waals surface area contributed by atoms with Crippen LogP contribution in [-0.4, -0.2) is 30.2 Å². The molecule has 0 aromatic carbocycles. The van der Waals surface area contributed by atoms with Gasteiger partial charge in [0.2, 0.25) is 0 Å². The lowest BCUT2D eigenvalue weighted by Gasteiger charge is -2.06. The molecule has 0 fully saturated rings. The van der Waals surface area contributed by atoms with Gasteiger partial charge in [0.25, 0.3) is 0 Å². The van der Waals surface area contributed by atoms with E-state index in [9.17, 15) is 10.1 Å². The maximum absolute atomic E-state index is 10.5. The average molecular weight is 225 g/mol. The fourth-order valence-electron chi connectivity index (χ4n) is 1.31. The fourth-order valence-corrected chi connectivity index (χ4v) is 1.31. The van der Waals surface area contributed by atoms with E-state index in [0.29, 0.717) is 25.3 Å². The van der Waals surface area contributed by atoms with Gasteiger partial charge in [-0.1, -0.05) is 6.92 Å². The first-order chi connectivity index (χ1) is 7.69. The zero-order valence-corrected chi connectivity index (χ0v) is 9.40. The highest BCUT2D eigenvalue weighted by Crippen LogP contribution is 2.18. The highest BCUT2D eigenvalue weighted by Gasteiger charge is 2.13. The number of aryl methyl sites for hydroxylation is 1. The van der Waals surface area contributed by atoms with Crippen LogP contribution in [0.4, 0.5) is 11.5 Å². The van der Waals surface area contributed by atoms with E-state index in [4.69, 9.17) is 4.74 Å². The lowest BCUT2D eigenvalue weighted by Crippen LogP contribution is -2.10. The van der Waals surface area contributed by atoms with Gasteiger partial charge in [-0.3, -0.25) is 0 Å². The molecule has 0 spiro atoms. The third-order valence-corrected chi connectivity index (χ3v) is 2.10. The van der Waals surface area contributed by atoms with Crippen molar-refractivity contribution < 1.29 is 9.66 Å². The Bertz CT molecular complexity index is 368. The molecule has 6 nitrogen and oxygen atoms in total. The monoisotopic (exact) mass is 225 g/mol. The number of hydrogen-bond donors (Lipinski definition) is 1. The van der Waals surface area contributed by atoms with E-state index in [2.05, 4.69) is 10.3 Å². The quantitative estimate of drug-likeness (QED) is 0.452. The van der Waals surface area contributed by atoms with Crippen LogP contribution in [0, 0.1) is 10.1 Å². The van der Waals surface area contributed by atoms with Gasteiger partial charge < -0.3 is 20.2 Å². The summed E-state index contributed by atoms with van der Waals surface area (Å²) in [5, 5.41) is 13.7. The van der Waals surface area contributed by atoms with Gasteiger partial charge in [0, 0.05) is 26.1 Å². The van der Waals surface area contributed by atoms with E-state index in [-0.39, 0.29) is 5.82 Å². The molecule has 1 heterocycles. The predicted octanol–water partition coefficient (Wildman–Crippen LogP) is 1.61. The number of aromatic nitrogens is 1. The van der Waals surface area contributed by atoms with Gasteiger partial charge in [0.1, 0.15) is 0 Å². The second-order valence-electron chi connectivity index (χ2n) is 3.19. The van der Waals surface area contributed by atoms with Crippen molar-refractivity contribution in [3.8, 4) is 0 Å². The van der Waals surface area contributed by atoms with Crippen molar-refractivity contribution in [1.82, 2.24) is 4.98 Å². The molecule has 0 saturated carbocycles. The lowest BCUT2D eigenvalue weighted by atomic mass is 10.2. The zero-order valence-electron chi connectivity index (χ0n) is 9.40. The molecule has 0 aliphatic rings. The van der Waals surface area contributed by atoms with Crippen molar-refractivity contribution in [2.24, 2.45) is 0 Å². The topological polar surface area (TPSA) is 77.3 Å². The molecule has 1 aromatic rings. The van der Waals surface area contributed by atoms with Gasteiger partial charge in [-0.15, -0.1) is 0 Å². The minimum Gasteiger partial charge on any atom is -0.383 e. The van der Waals surface area contributed by atoms with E-state index in [1.165, 1.54) is 6.07 Å². The number of pyridine rings is 1. The van der Waals surface area contributed by atoms with Crippen LogP contribution in [0.25, 0.3) is 0 Å². The Balaban J connectivity index is 2.80. The molecule has 88 valence electrons. The molecular formula is C10H15N3O3. The second kappa shape index (κ2) is 6.02. The summed E-state index contributed by atoms with van der Waals surface area (Å²) in [5.41, 5.74) is 1.52. The van der Waals surface area contributed by atoms with Crippen LogP contribution < -0.4 is 5.32 Å². The van der Waals surface area contributed by atoms with Crippen molar-refractivity contribution in [3.63, 3.8) is 0 Å². The first kappa shape index (κ1) is 12.4. The number of hydrogen-bond acceptors (Lipinski definition) is 5. The Labute approximate surface area is 93.8 Å². The molecule has 1 N–H and O–H groups in total. The third-order valence-electron chi connectivity index (χ3n) is 2.10. The Morgan fingerprint density at radius 2 is 2.31 bits per heavy atom. The van der Waals surface area contributed by atoms with Crippen LogP contribution in [-0.2, 0) is 11.2 Å². The van der Waals surface area contributed by atoms with Crippen LogP contribution in [0.3, 0.4) is 0 Å². The van der Waals surface area contributed by atoms with Crippen LogP contribution in [0.1, 0.15) is 12.6 Å². The van der Waals surface area contributed by atoms with E-state index in [0.717, 1.165) is 5.69 Å². The lowest BCUT2D eigenvalue weighted by molar-refractivity contribution is -0.389. The molecule has 6 heteroatoms. The molecular weight excluding hydrogens is 210 g/mol. The Morgan fingerprint density at radius 1 is 1.56 bits per heavy atom. The smallest absolute Gasteiger partial charge is 0.363 e. The van der Waals surface area contributed by atoms with Gasteiger partial charge in [-0.25, -0.2) is 0 Å². The Hall–Kier alpha value is -1.69. The van der Waals surface area contributed by atoms with Crippen molar-refractivity contribution >= 4 is 11.5 Å². The zero-order chi connectivity index (χ0) is 12.0. The van der Waals surface area contributed by atoms with E-state index >= 15 is 0 Å². The number of nitrogens with one attached hydrogen (secondary N) is 1. The third kappa shape index (κ3) is 3.16. The predicted molar refractivity (Wildman–Crippen MR) is 60.6 cm³/mol. The summed E-state index contributed by atoms with van der Waals surface area (Å²) in [7, 11) is 1.62. The summed E-state index contributed by atoms with van der Waals surface area (Å²) >= 11 is 0. The minimum atomic E-state index is -0.488. The van der Waals surface area contributed by atoms with Crippen molar-refractivity contribution in [3.05, 3.63) is 27.9 Å². The first-order valence-electron chi connectivity index (χ1n) is 5.06. The van der Waals surface area contributed by atoms with E-state index in [1.807, 2.05) is 6.92 Å². The Kier molecular flexibility index (Phi) is 4.65. The molecule has 0 unspecified atom stereocenters. The maximum atomic E-state index is 10.5. The molecule has 0 radical (unpaired) electrons. The van der Waals surface area contributed by atoms with Gasteiger partial charge in [0.05, 0.1) is 12.3 Å². The van der Waals surface area contributed by atoms with Crippen LogP contribution in [0.2, 0.25) is 0 Å². The van der Waals surface area contributed by atoms with Gasteiger partial charge in [0.15, 0.2) is 5.69 Å². The van der Waals surface area contributed by atoms with Crippen molar-refractivity contribution in [2.45, 2.75) is 13.3 Å². The van der Waals surface area contributed by atoms with Crippen LogP contribution >= 0.6 is 0 Å². The summed E-state index contributed by atoms with van der Waals surface area (Å²) in [6, 6.07) is 3.08. The summed E-state index contributed by atoms with van der Waals surface area (Å²) in [5.74, 6) is -0.117. The van der Waals surface area contributed by atoms with Crippen LogP contribution in [0.5, 0.6) is 0 Å². The molecule has 0 atom stereocenters. The minimum absolute atomic E-state index is 0.117. The van der Waals surface area contributed by atoms with Crippen molar-refractivity contribution in [1.29, 1.82) is 0 Å². The molecule has 1 rings (SSSR count). The molecule has 1 aromatic heterocycles. The summed E-state index contributed by atoms with van der Waals surface area (Å²) < 4.78 is 4.91. The molecule has 0 saturated heterocycles. The van der Waals surface area contributed by atoms with Gasteiger partial charge in [-0.2, -0.15) is 0 Å². The number of nitrogens with zero attached hydrogens (tertiary/aromatic N) is 2. The summed E-state index contributed by atoms with van der Waals surface area (Å²) in [6.07, 6.45) is 0.650. The number of anilines is 1. The molecule has 0 aliphatic carbocycles. The highest BCUT2D eigenvalue weighted by molar-refractivity contribution is 5.50. The van der Waals surface area contributed by atoms with Gasteiger partial charge in [-0.05, 0) is 16.0 Å². The number of nitro groups is 1. The average Bonchev–Trinajstić information content (AvgIpc) is 2.29. The van der Waals surface area contributed by atoms with Gasteiger partial charge >= 0.3 is 5.82 Å². The largest absolute Gasteiger partial charge is 0.383 e. The summed E-state index contributed by atoms with van der Waals surface area (Å²) in [6.45, 7) is 3.15. The van der Waals surface area contributed by atoms with Crippen molar-refractivity contribution in [2.75, 3.05) is 25.6 Å². The maximum Gasteiger partial charge on any atom is 0.363 e.